The van der Waals surface area contributed by atoms with Crippen LogP contribution >= 0.6 is 15.9 Å². The van der Waals surface area contributed by atoms with Crippen LogP contribution in [0.2, 0.25) is 0 Å². The highest BCUT2D eigenvalue weighted by Gasteiger charge is 2.22. The molecular weight excluding hydrogens is 314 g/mol. The van der Waals surface area contributed by atoms with E-state index in [4.69, 9.17) is 5.73 Å². The minimum absolute atomic E-state index is 0.0167. The van der Waals surface area contributed by atoms with Crippen molar-refractivity contribution >= 4 is 21.7 Å². The molecule has 0 bridgehead atoms. The Morgan fingerprint density at radius 1 is 1.25 bits per heavy atom. The van der Waals surface area contributed by atoms with Crippen molar-refractivity contribution < 1.29 is 4.79 Å². The zero-order valence-electron chi connectivity index (χ0n) is 12.1. The Morgan fingerprint density at radius 3 is 2.40 bits per heavy atom. The lowest BCUT2D eigenvalue weighted by Gasteiger charge is -2.20. The number of Topliss-reactive ketones (excluding diaryl/α,β-unsaturated/α-hetero) is 1. The van der Waals surface area contributed by atoms with Gasteiger partial charge in [-0.15, -0.1) is 0 Å². The number of carbonyl (C=O) groups excluding carboxylic acids is 1. The number of halogens is 1. The van der Waals surface area contributed by atoms with Gasteiger partial charge < -0.3 is 5.73 Å². The number of carbonyl (C=O) groups is 1. The molecule has 1 aliphatic carbocycles. The van der Waals surface area contributed by atoms with E-state index in [2.05, 4.69) is 36.7 Å². The van der Waals surface area contributed by atoms with E-state index in [1.807, 2.05) is 36.4 Å². The van der Waals surface area contributed by atoms with Gasteiger partial charge >= 0.3 is 0 Å². The van der Waals surface area contributed by atoms with Gasteiger partial charge in [-0.1, -0.05) is 67.0 Å². The monoisotopic (exact) mass is 333 g/mol. The first-order valence-corrected chi connectivity index (χ1v) is 7.56. The van der Waals surface area contributed by atoms with E-state index in [1.165, 1.54) is 5.56 Å². The number of benzene rings is 1. The van der Waals surface area contributed by atoms with Gasteiger partial charge in [0.2, 0.25) is 0 Å². The number of hydrogen-bond donors (Lipinski definition) is 1. The molecule has 1 aliphatic rings. The van der Waals surface area contributed by atoms with Crippen LogP contribution in [0.4, 0.5) is 0 Å². The van der Waals surface area contributed by atoms with Crippen LogP contribution in [-0.4, -0.2) is 11.8 Å². The molecule has 0 spiro atoms. The molecular formula is C17H20BrNO. The zero-order chi connectivity index (χ0) is 14.9. The summed E-state index contributed by atoms with van der Waals surface area (Å²) in [5.74, 6) is 0.0167. The van der Waals surface area contributed by atoms with Gasteiger partial charge in [0.1, 0.15) is 0 Å². The van der Waals surface area contributed by atoms with Crippen LogP contribution in [-0.2, 0) is 5.41 Å². The number of ketones is 1. The fraction of sp³-hybridized carbons (Fsp3) is 0.353. The van der Waals surface area contributed by atoms with Crippen molar-refractivity contribution in [3.8, 4) is 0 Å². The first-order chi connectivity index (χ1) is 9.29. The lowest BCUT2D eigenvalue weighted by molar-refractivity contribution is 0.102. The van der Waals surface area contributed by atoms with Crippen LogP contribution in [0.1, 0.15) is 43.1 Å². The lowest BCUT2D eigenvalue weighted by Crippen LogP contribution is -2.28. The van der Waals surface area contributed by atoms with Gasteiger partial charge in [0.05, 0.1) is 0 Å². The molecule has 0 heterocycles. The van der Waals surface area contributed by atoms with Crippen molar-refractivity contribution in [1.29, 1.82) is 0 Å². The van der Waals surface area contributed by atoms with Gasteiger partial charge in [-0.3, -0.25) is 4.79 Å². The molecule has 0 aromatic heterocycles. The van der Waals surface area contributed by atoms with E-state index in [1.54, 1.807) is 0 Å². The highest BCUT2D eigenvalue weighted by atomic mass is 79.9. The molecule has 1 aromatic carbocycles. The third kappa shape index (κ3) is 3.28. The van der Waals surface area contributed by atoms with Crippen LogP contribution in [0, 0.1) is 0 Å². The van der Waals surface area contributed by atoms with E-state index in [0.29, 0.717) is 17.6 Å². The fourth-order valence-corrected chi connectivity index (χ4v) is 2.64. The van der Waals surface area contributed by atoms with Crippen molar-refractivity contribution in [3.05, 3.63) is 57.6 Å². The smallest absolute Gasteiger partial charge is 0.190 e. The van der Waals surface area contributed by atoms with Crippen molar-refractivity contribution in [2.75, 3.05) is 0 Å². The molecule has 0 radical (unpaired) electrons. The SMILES string of the molecule is CC(C)(C)c1ccc(C(=O)C2=CC(Br)=CCC2N)cc1. The molecule has 20 heavy (non-hydrogen) atoms. The van der Waals surface area contributed by atoms with E-state index in [9.17, 15) is 4.79 Å². The summed E-state index contributed by atoms with van der Waals surface area (Å²) >= 11 is 3.41. The Kier molecular flexibility index (Phi) is 4.31. The third-order valence-corrected chi connectivity index (χ3v) is 4.09. The van der Waals surface area contributed by atoms with Gasteiger partial charge in [0.15, 0.2) is 5.78 Å². The molecule has 2 N–H and O–H groups in total. The molecule has 106 valence electrons. The van der Waals surface area contributed by atoms with E-state index < -0.39 is 0 Å². The molecule has 2 nitrogen and oxygen atoms in total. The van der Waals surface area contributed by atoms with E-state index >= 15 is 0 Å². The quantitative estimate of drug-likeness (QED) is 0.828. The van der Waals surface area contributed by atoms with Crippen molar-refractivity contribution in [1.82, 2.24) is 0 Å². The molecule has 2 rings (SSSR count). The van der Waals surface area contributed by atoms with E-state index in [-0.39, 0.29) is 17.2 Å². The number of rotatable bonds is 2. The van der Waals surface area contributed by atoms with Crippen LogP contribution in [0.3, 0.4) is 0 Å². The summed E-state index contributed by atoms with van der Waals surface area (Å²) in [4.78, 5) is 12.5. The molecule has 1 aromatic rings. The van der Waals surface area contributed by atoms with Gasteiger partial charge in [-0.25, -0.2) is 0 Å². The average molecular weight is 334 g/mol. The fourth-order valence-electron chi connectivity index (χ4n) is 2.20. The minimum atomic E-state index is -0.217. The van der Waals surface area contributed by atoms with Gasteiger partial charge in [0.25, 0.3) is 0 Å². The molecule has 0 fully saturated rings. The Balaban J connectivity index is 2.28. The van der Waals surface area contributed by atoms with Gasteiger partial charge in [-0.2, -0.15) is 0 Å². The maximum atomic E-state index is 12.5. The maximum Gasteiger partial charge on any atom is 0.190 e. The van der Waals surface area contributed by atoms with Crippen LogP contribution in [0.5, 0.6) is 0 Å². The average Bonchev–Trinajstić information content (AvgIpc) is 2.40. The predicted molar refractivity (Wildman–Crippen MR) is 87.2 cm³/mol. The highest BCUT2D eigenvalue weighted by molar-refractivity contribution is 9.11. The van der Waals surface area contributed by atoms with Crippen molar-refractivity contribution in [3.63, 3.8) is 0 Å². The topological polar surface area (TPSA) is 43.1 Å². The molecule has 3 heteroatoms. The Labute approximate surface area is 128 Å². The second-order valence-electron chi connectivity index (χ2n) is 6.19. The minimum Gasteiger partial charge on any atom is -0.324 e. The summed E-state index contributed by atoms with van der Waals surface area (Å²) in [6.45, 7) is 6.47. The molecule has 0 saturated heterocycles. The Hall–Kier alpha value is -1.19. The maximum absolute atomic E-state index is 12.5. The molecule has 1 unspecified atom stereocenters. The first kappa shape index (κ1) is 15.2. The molecule has 0 saturated carbocycles. The number of hydrogen-bond acceptors (Lipinski definition) is 2. The summed E-state index contributed by atoms with van der Waals surface area (Å²) in [7, 11) is 0. The van der Waals surface area contributed by atoms with Crippen LogP contribution in [0.25, 0.3) is 0 Å². The molecule has 0 aliphatic heterocycles. The summed E-state index contributed by atoms with van der Waals surface area (Å²) in [5.41, 5.74) is 8.70. The van der Waals surface area contributed by atoms with Crippen LogP contribution < -0.4 is 5.73 Å². The predicted octanol–water partition coefficient (Wildman–Crippen LogP) is 4.10. The molecule has 1 atom stereocenters. The first-order valence-electron chi connectivity index (χ1n) is 6.77. The van der Waals surface area contributed by atoms with Crippen molar-refractivity contribution in [2.24, 2.45) is 5.73 Å². The third-order valence-electron chi connectivity index (χ3n) is 3.53. The highest BCUT2D eigenvalue weighted by Crippen LogP contribution is 2.26. The largest absolute Gasteiger partial charge is 0.324 e. The standard InChI is InChI=1S/C17H20BrNO/c1-17(2,3)12-6-4-11(5-7-12)16(20)14-10-13(18)8-9-15(14)19/h4-8,10,15H,9,19H2,1-3H3. The summed E-state index contributed by atoms with van der Waals surface area (Å²) in [6, 6.07) is 7.61. The normalized spacial score (nSPS) is 19.4. The lowest BCUT2D eigenvalue weighted by atomic mass is 9.85. The second-order valence-corrected chi connectivity index (χ2v) is 7.10. The van der Waals surface area contributed by atoms with E-state index in [0.717, 1.165) is 4.48 Å². The summed E-state index contributed by atoms with van der Waals surface area (Å²) in [6.07, 6.45) is 4.51. The van der Waals surface area contributed by atoms with Crippen LogP contribution in [0.15, 0.2) is 46.5 Å². The van der Waals surface area contributed by atoms with Crippen molar-refractivity contribution in [2.45, 2.75) is 38.6 Å². The van der Waals surface area contributed by atoms with Gasteiger partial charge in [-0.05, 0) is 23.5 Å². The Bertz CT molecular complexity index is 576. The summed E-state index contributed by atoms with van der Waals surface area (Å²) < 4.78 is 0.925. The number of allylic oxidation sites excluding steroid dienone is 2. The summed E-state index contributed by atoms with van der Waals surface area (Å²) in [5, 5.41) is 0. The number of nitrogens with two attached hydrogens (primary N) is 1. The zero-order valence-corrected chi connectivity index (χ0v) is 13.7. The molecule has 0 amide bonds. The van der Waals surface area contributed by atoms with Gasteiger partial charge in [0, 0.05) is 21.7 Å². The Morgan fingerprint density at radius 2 is 1.85 bits per heavy atom. The second kappa shape index (κ2) is 5.66.